The Morgan fingerprint density at radius 1 is 0.953 bits per heavy atom. The van der Waals surface area contributed by atoms with Crippen LogP contribution >= 0.6 is 0 Å². The summed E-state index contributed by atoms with van der Waals surface area (Å²) in [7, 11) is 1.75. The number of nitrogens with zero attached hydrogens (tertiary/aromatic N) is 1. The van der Waals surface area contributed by atoms with Gasteiger partial charge in [0.05, 0.1) is 32.5 Å². The number of hydroxylamine groups is 2. The predicted octanol–water partition coefficient (Wildman–Crippen LogP) is 2.55. The van der Waals surface area contributed by atoms with Crippen molar-refractivity contribution in [2.24, 2.45) is 5.92 Å². The van der Waals surface area contributed by atoms with Gasteiger partial charge >= 0.3 is 5.97 Å². The van der Waals surface area contributed by atoms with Crippen molar-refractivity contribution < 1.29 is 52.6 Å². The van der Waals surface area contributed by atoms with Gasteiger partial charge in [-0.05, 0) is 54.0 Å². The van der Waals surface area contributed by atoms with Crippen molar-refractivity contribution >= 4 is 5.97 Å². The molecular weight excluding hydrogens is 562 g/mol. The van der Waals surface area contributed by atoms with E-state index in [9.17, 15) is 9.90 Å². The second-order valence-corrected chi connectivity index (χ2v) is 12.9. The summed E-state index contributed by atoms with van der Waals surface area (Å²) in [6.45, 7) is 13.5. The molecule has 0 amide bonds. The smallest absolute Gasteiger partial charge is 0.313 e. The molecule has 0 bridgehead atoms. The van der Waals surface area contributed by atoms with E-state index in [0.29, 0.717) is 6.61 Å². The van der Waals surface area contributed by atoms with E-state index in [1.807, 2.05) is 44.2 Å². The monoisotopic (exact) mass is 609 g/mol. The summed E-state index contributed by atoms with van der Waals surface area (Å²) in [5.41, 5.74) is 1.04. The average Bonchev–Trinajstić information content (AvgIpc) is 3.65. The molecule has 4 saturated heterocycles. The van der Waals surface area contributed by atoms with Crippen molar-refractivity contribution in [1.29, 1.82) is 0 Å². The van der Waals surface area contributed by atoms with Crippen LogP contribution in [0.4, 0.5) is 0 Å². The molecule has 43 heavy (non-hydrogen) atoms. The number of aliphatic hydroxyl groups is 1. The van der Waals surface area contributed by atoms with Gasteiger partial charge in [0.1, 0.15) is 48.6 Å². The average molecular weight is 610 g/mol. The Bertz CT molecular complexity index is 1100. The molecule has 0 spiro atoms. The summed E-state index contributed by atoms with van der Waals surface area (Å²) < 4.78 is 48.5. The van der Waals surface area contributed by atoms with Gasteiger partial charge in [-0.3, -0.25) is 9.63 Å². The van der Waals surface area contributed by atoms with E-state index >= 15 is 0 Å². The fourth-order valence-electron chi connectivity index (χ4n) is 6.52. The number of carbonyl (C=O) groups excluding carboxylic acids is 1. The summed E-state index contributed by atoms with van der Waals surface area (Å²) in [5.74, 6) is -4.17. The summed E-state index contributed by atoms with van der Waals surface area (Å²) in [5, 5.41) is 13.1. The van der Waals surface area contributed by atoms with Crippen molar-refractivity contribution in [3.8, 4) is 0 Å². The van der Waals surface area contributed by atoms with Crippen LogP contribution in [-0.4, -0.2) is 109 Å². The molecule has 5 rings (SSSR count). The molecule has 1 aromatic carbocycles. The maximum Gasteiger partial charge on any atom is 0.313 e. The van der Waals surface area contributed by atoms with Crippen LogP contribution in [0.1, 0.15) is 54.0 Å². The van der Waals surface area contributed by atoms with Crippen molar-refractivity contribution in [1.82, 2.24) is 5.06 Å². The van der Waals surface area contributed by atoms with E-state index in [1.54, 1.807) is 46.7 Å². The summed E-state index contributed by atoms with van der Waals surface area (Å²) in [6, 6.07) is 9.24. The molecule has 12 nitrogen and oxygen atoms in total. The van der Waals surface area contributed by atoms with Crippen molar-refractivity contribution in [3.63, 3.8) is 0 Å². The Morgan fingerprint density at radius 2 is 1.63 bits per heavy atom. The molecule has 0 aromatic heterocycles. The summed E-state index contributed by atoms with van der Waals surface area (Å²) in [4.78, 5) is 20.1. The molecule has 4 aliphatic heterocycles. The quantitative estimate of drug-likeness (QED) is 0.392. The predicted molar refractivity (Wildman–Crippen MR) is 151 cm³/mol. The molecule has 12 heteroatoms. The van der Waals surface area contributed by atoms with Crippen molar-refractivity contribution in [2.45, 2.75) is 121 Å². The molecule has 9 unspecified atom stereocenters. The SMILES string of the molecule is CCOC(=O)C1C(C2OC(C)(C)OC2C(O)C2COC(C)(C)O2)ON(C)C1C1OC(C)(C)OC1COCc1ccccc1. The number of likely N-dealkylation sites (N-methyl/N-ethyl adjacent to an activating group) is 1. The Balaban J connectivity index is 1.40. The third kappa shape index (κ3) is 7.25. The molecule has 4 aliphatic rings. The number of benzene rings is 1. The Hall–Kier alpha value is -1.71. The van der Waals surface area contributed by atoms with E-state index in [1.165, 1.54) is 0 Å². The van der Waals surface area contributed by atoms with E-state index < -0.39 is 78.0 Å². The molecule has 1 N–H and O–H groups in total. The number of ether oxygens (including phenoxy) is 8. The minimum atomic E-state index is -1.12. The van der Waals surface area contributed by atoms with E-state index in [4.69, 9.17) is 42.7 Å². The lowest BCUT2D eigenvalue weighted by Crippen LogP contribution is -2.53. The number of esters is 1. The third-order valence-corrected chi connectivity index (χ3v) is 8.18. The second kappa shape index (κ2) is 12.6. The number of carbonyl (C=O) groups is 1. The van der Waals surface area contributed by atoms with E-state index in [2.05, 4.69) is 0 Å². The van der Waals surface area contributed by atoms with Crippen LogP contribution < -0.4 is 0 Å². The first-order valence-electron chi connectivity index (χ1n) is 15.1. The van der Waals surface area contributed by atoms with Gasteiger partial charge in [-0.15, -0.1) is 0 Å². The molecule has 0 radical (unpaired) electrons. The first kappa shape index (κ1) is 32.7. The minimum Gasteiger partial charge on any atom is -0.466 e. The van der Waals surface area contributed by atoms with Crippen molar-refractivity contribution in [3.05, 3.63) is 35.9 Å². The van der Waals surface area contributed by atoms with Crippen molar-refractivity contribution in [2.75, 3.05) is 26.9 Å². The van der Waals surface area contributed by atoms with Gasteiger partial charge in [-0.1, -0.05) is 30.3 Å². The normalized spacial score (nSPS) is 37.5. The van der Waals surface area contributed by atoms with E-state index in [0.717, 1.165) is 5.56 Å². The zero-order valence-corrected chi connectivity index (χ0v) is 26.4. The number of aliphatic hydroxyl groups excluding tert-OH is 1. The first-order valence-corrected chi connectivity index (χ1v) is 15.1. The van der Waals surface area contributed by atoms with Crippen LogP contribution in [0.3, 0.4) is 0 Å². The highest BCUT2D eigenvalue weighted by Crippen LogP contribution is 2.45. The molecule has 4 fully saturated rings. The zero-order chi connectivity index (χ0) is 31.2. The van der Waals surface area contributed by atoms with Gasteiger partial charge in [0.2, 0.25) is 0 Å². The number of hydrogen-bond acceptors (Lipinski definition) is 12. The standard InChI is InChI=1S/C31H47NO11/c1-9-36-28(34)21-22(24-20(39-30(4,5)40-24)16-35-15-18-13-11-10-12-14-18)32(8)43-25(21)27-26(41-31(6,7)42-27)23(33)19-17-37-29(2,3)38-19/h10-14,19-27,33H,9,15-17H2,1-8H3. The zero-order valence-electron chi connectivity index (χ0n) is 26.4. The number of hydrogen-bond donors (Lipinski definition) is 1. The van der Waals surface area contributed by atoms with Crippen LogP contribution in [0, 0.1) is 5.92 Å². The molecular formula is C31H47NO11. The fraction of sp³-hybridized carbons (Fsp3) is 0.774. The van der Waals surface area contributed by atoms with Crippen LogP contribution in [-0.2, 0) is 54.1 Å². The van der Waals surface area contributed by atoms with Gasteiger partial charge < -0.3 is 43.0 Å². The summed E-state index contributed by atoms with van der Waals surface area (Å²) >= 11 is 0. The highest BCUT2D eigenvalue weighted by Gasteiger charge is 2.63. The van der Waals surface area contributed by atoms with Gasteiger partial charge in [0.25, 0.3) is 0 Å². The maximum absolute atomic E-state index is 13.7. The molecule has 0 aliphatic carbocycles. The second-order valence-electron chi connectivity index (χ2n) is 12.9. The molecule has 1 aromatic rings. The first-order chi connectivity index (χ1) is 20.2. The van der Waals surface area contributed by atoms with E-state index in [-0.39, 0.29) is 19.8 Å². The van der Waals surface area contributed by atoms with Crippen LogP contribution in [0.2, 0.25) is 0 Å². The van der Waals surface area contributed by atoms with Crippen LogP contribution in [0.25, 0.3) is 0 Å². The molecule has 9 atom stereocenters. The van der Waals surface area contributed by atoms with Gasteiger partial charge in [0, 0.05) is 7.05 Å². The van der Waals surface area contributed by atoms with Gasteiger partial charge in [-0.2, -0.15) is 5.06 Å². The highest BCUT2D eigenvalue weighted by atomic mass is 16.8. The lowest BCUT2D eigenvalue weighted by atomic mass is 9.84. The van der Waals surface area contributed by atoms with Crippen LogP contribution in [0.5, 0.6) is 0 Å². The van der Waals surface area contributed by atoms with Gasteiger partial charge in [-0.25, -0.2) is 0 Å². The Kier molecular flexibility index (Phi) is 9.57. The Labute approximate surface area is 253 Å². The maximum atomic E-state index is 13.7. The lowest BCUT2D eigenvalue weighted by Gasteiger charge is -2.32. The summed E-state index contributed by atoms with van der Waals surface area (Å²) in [6.07, 6.45) is -5.49. The largest absolute Gasteiger partial charge is 0.466 e. The van der Waals surface area contributed by atoms with Gasteiger partial charge in [0.15, 0.2) is 17.4 Å². The Morgan fingerprint density at radius 3 is 2.28 bits per heavy atom. The highest BCUT2D eigenvalue weighted by molar-refractivity contribution is 5.74. The lowest BCUT2D eigenvalue weighted by molar-refractivity contribution is -0.205. The minimum absolute atomic E-state index is 0.178. The third-order valence-electron chi connectivity index (χ3n) is 8.18. The molecule has 4 heterocycles. The number of rotatable bonds is 10. The topological polar surface area (TPSA) is 124 Å². The molecule has 0 saturated carbocycles. The fourth-order valence-corrected chi connectivity index (χ4v) is 6.52. The van der Waals surface area contributed by atoms with Crippen LogP contribution in [0.15, 0.2) is 30.3 Å². The molecule has 242 valence electrons.